The molecule has 5 heteroatoms. The third-order valence-corrected chi connectivity index (χ3v) is 7.44. The van der Waals surface area contributed by atoms with E-state index in [0.717, 1.165) is 37.4 Å². The molecular weight excluding hydrogens is 427 g/mol. The Balaban J connectivity index is 0.000000437. The molecule has 0 N–H and O–H groups in total. The third kappa shape index (κ3) is 9.56. The van der Waals surface area contributed by atoms with Gasteiger partial charge in [-0.15, -0.1) is 0 Å². The Labute approximate surface area is 208 Å². The summed E-state index contributed by atoms with van der Waals surface area (Å²) in [6.07, 6.45) is 18.9. The lowest BCUT2D eigenvalue weighted by Gasteiger charge is -2.48. The SMILES string of the molecule is C=O.CCCC1(CCC)CC(CCCO[C@]2(C)CCC(C)C=C2F)C1.CCc1cnc(C)nc1. The Morgan fingerprint density at radius 1 is 1.12 bits per heavy atom. The molecule has 2 atom stereocenters. The minimum atomic E-state index is -0.652. The topological polar surface area (TPSA) is 52.1 Å². The molecule has 1 saturated carbocycles. The Morgan fingerprint density at radius 3 is 2.21 bits per heavy atom. The fraction of sp³-hybridized carbons (Fsp3) is 0.759. The first-order valence-electron chi connectivity index (χ1n) is 13.3. The maximum Gasteiger partial charge on any atom is 0.128 e. The zero-order chi connectivity index (χ0) is 25.6. The number of aryl methyl sites for hydroxylation is 2. The normalized spacial score (nSPS) is 23.5. The lowest BCUT2D eigenvalue weighted by molar-refractivity contribution is -0.0980. The van der Waals surface area contributed by atoms with Gasteiger partial charge in [-0.1, -0.05) is 40.5 Å². The van der Waals surface area contributed by atoms with Crippen LogP contribution < -0.4 is 0 Å². The first-order chi connectivity index (χ1) is 16.3. The highest BCUT2D eigenvalue weighted by Crippen LogP contribution is 2.53. The van der Waals surface area contributed by atoms with Crippen molar-refractivity contribution in [2.75, 3.05) is 6.61 Å². The minimum Gasteiger partial charge on any atom is -0.368 e. The Kier molecular flexibility index (Phi) is 13.8. The maximum atomic E-state index is 14.2. The van der Waals surface area contributed by atoms with Gasteiger partial charge in [0.15, 0.2) is 0 Å². The van der Waals surface area contributed by atoms with Crippen molar-refractivity contribution in [1.29, 1.82) is 0 Å². The molecule has 3 rings (SSSR count). The molecule has 4 nitrogen and oxygen atoms in total. The monoisotopic (exact) mass is 476 g/mol. The second-order valence-corrected chi connectivity index (χ2v) is 10.5. The number of hydrogen-bond acceptors (Lipinski definition) is 4. The number of aromatic nitrogens is 2. The summed E-state index contributed by atoms with van der Waals surface area (Å²) in [5.41, 5.74) is 1.20. The van der Waals surface area contributed by atoms with E-state index >= 15 is 0 Å². The van der Waals surface area contributed by atoms with E-state index in [1.54, 1.807) is 6.08 Å². The van der Waals surface area contributed by atoms with Crippen LogP contribution in [0.2, 0.25) is 0 Å². The number of nitrogens with zero attached hydrogens (tertiary/aromatic N) is 2. The molecule has 0 aromatic carbocycles. The van der Waals surface area contributed by atoms with Crippen LogP contribution in [0.4, 0.5) is 4.39 Å². The van der Waals surface area contributed by atoms with Crippen LogP contribution in [-0.4, -0.2) is 29.0 Å². The van der Waals surface area contributed by atoms with E-state index in [4.69, 9.17) is 9.53 Å². The van der Waals surface area contributed by atoms with Crippen molar-refractivity contribution in [1.82, 2.24) is 9.97 Å². The molecule has 0 saturated heterocycles. The fourth-order valence-electron chi connectivity index (χ4n) is 5.51. The van der Waals surface area contributed by atoms with Gasteiger partial charge < -0.3 is 9.53 Å². The van der Waals surface area contributed by atoms with E-state index in [9.17, 15) is 4.39 Å². The summed E-state index contributed by atoms with van der Waals surface area (Å²) in [6.45, 7) is 15.3. The molecule has 1 aromatic heterocycles. The number of hydrogen-bond donors (Lipinski definition) is 0. The number of ether oxygens (including phenoxy) is 1. The summed E-state index contributed by atoms with van der Waals surface area (Å²) in [7, 11) is 0. The zero-order valence-corrected chi connectivity index (χ0v) is 22.7. The molecule has 34 heavy (non-hydrogen) atoms. The maximum absolute atomic E-state index is 14.2. The van der Waals surface area contributed by atoms with E-state index in [2.05, 4.69) is 37.7 Å². The Hall–Kier alpha value is -1.62. The summed E-state index contributed by atoms with van der Waals surface area (Å²) >= 11 is 0. The van der Waals surface area contributed by atoms with Crippen molar-refractivity contribution in [3.8, 4) is 0 Å². The fourth-order valence-corrected chi connectivity index (χ4v) is 5.51. The Morgan fingerprint density at radius 2 is 1.71 bits per heavy atom. The van der Waals surface area contributed by atoms with Gasteiger partial charge in [0.25, 0.3) is 0 Å². The van der Waals surface area contributed by atoms with Gasteiger partial charge in [-0.25, -0.2) is 14.4 Å². The Bertz CT molecular complexity index is 707. The van der Waals surface area contributed by atoms with Gasteiger partial charge in [0, 0.05) is 19.0 Å². The van der Waals surface area contributed by atoms with Crippen molar-refractivity contribution >= 4 is 6.79 Å². The van der Waals surface area contributed by atoms with Gasteiger partial charge >= 0.3 is 0 Å². The summed E-state index contributed by atoms with van der Waals surface area (Å²) in [5, 5.41) is 0. The van der Waals surface area contributed by atoms with E-state index in [-0.39, 0.29) is 5.83 Å². The van der Waals surface area contributed by atoms with Crippen LogP contribution in [-0.2, 0) is 16.0 Å². The van der Waals surface area contributed by atoms with E-state index in [1.165, 1.54) is 50.5 Å². The molecule has 0 spiro atoms. The van der Waals surface area contributed by atoms with Crippen LogP contribution in [0.1, 0.15) is 110 Å². The number of carbonyl (C=O) groups is 1. The van der Waals surface area contributed by atoms with Gasteiger partial charge in [-0.2, -0.15) is 0 Å². The number of rotatable bonds is 10. The molecule has 194 valence electrons. The minimum absolute atomic E-state index is 0.0511. The predicted molar refractivity (Wildman–Crippen MR) is 139 cm³/mol. The molecule has 1 heterocycles. The van der Waals surface area contributed by atoms with Crippen LogP contribution in [0.15, 0.2) is 24.3 Å². The lowest BCUT2D eigenvalue weighted by Crippen LogP contribution is -2.37. The van der Waals surface area contributed by atoms with Gasteiger partial charge in [0.1, 0.15) is 24.0 Å². The quantitative estimate of drug-likeness (QED) is 0.321. The molecule has 0 aliphatic heterocycles. The molecule has 2 aliphatic rings. The van der Waals surface area contributed by atoms with Crippen molar-refractivity contribution in [2.24, 2.45) is 17.3 Å². The molecule has 1 unspecified atom stereocenters. The molecule has 0 amide bonds. The van der Waals surface area contributed by atoms with Crippen molar-refractivity contribution in [3.05, 3.63) is 35.7 Å². The van der Waals surface area contributed by atoms with E-state index < -0.39 is 5.60 Å². The van der Waals surface area contributed by atoms with Crippen molar-refractivity contribution < 1.29 is 13.9 Å². The second kappa shape index (κ2) is 15.4. The number of carbonyl (C=O) groups excluding carboxylic acids is 1. The summed E-state index contributed by atoms with van der Waals surface area (Å²) < 4.78 is 20.1. The molecule has 0 radical (unpaired) electrons. The number of halogens is 1. The zero-order valence-electron chi connectivity index (χ0n) is 22.7. The average Bonchev–Trinajstić information content (AvgIpc) is 2.81. The van der Waals surface area contributed by atoms with Crippen LogP contribution in [0.25, 0.3) is 0 Å². The highest BCUT2D eigenvalue weighted by atomic mass is 19.1. The predicted octanol–water partition coefficient (Wildman–Crippen LogP) is 7.98. The molecule has 1 fully saturated rings. The van der Waals surface area contributed by atoms with Crippen LogP contribution >= 0.6 is 0 Å². The largest absolute Gasteiger partial charge is 0.368 e. The van der Waals surface area contributed by atoms with Gasteiger partial charge in [-0.05, 0) is 101 Å². The molecular formula is C29H49FN2O2. The van der Waals surface area contributed by atoms with Gasteiger partial charge in [0.2, 0.25) is 0 Å². The second-order valence-electron chi connectivity index (χ2n) is 10.5. The molecule has 0 bridgehead atoms. The smallest absolute Gasteiger partial charge is 0.128 e. The summed E-state index contributed by atoms with van der Waals surface area (Å²) in [6, 6.07) is 0. The third-order valence-electron chi connectivity index (χ3n) is 7.44. The number of allylic oxidation sites excluding steroid dienone is 1. The first-order valence-corrected chi connectivity index (χ1v) is 13.3. The molecule has 1 aromatic rings. The van der Waals surface area contributed by atoms with E-state index in [1.807, 2.05) is 33.0 Å². The van der Waals surface area contributed by atoms with Crippen molar-refractivity contribution in [3.63, 3.8) is 0 Å². The average molecular weight is 477 g/mol. The lowest BCUT2D eigenvalue weighted by atomic mass is 9.57. The summed E-state index contributed by atoms with van der Waals surface area (Å²) in [5.74, 6) is 2.03. The molecule has 2 aliphatic carbocycles. The first kappa shape index (κ1) is 30.4. The van der Waals surface area contributed by atoms with E-state index in [0.29, 0.717) is 17.9 Å². The van der Waals surface area contributed by atoms with Crippen LogP contribution in [0.5, 0.6) is 0 Å². The van der Waals surface area contributed by atoms with Gasteiger partial charge in [-0.3, -0.25) is 0 Å². The van der Waals surface area contributed by atoms with Gasteiger partial charge in [0.05, 0.1) is 0 Å². The highest BCUT2D eigenvalue weighted by Gasteiger charge is 2.42. The summed E-state index contributed by atoms with van der Waals surface area (Å²) in [4.78, 5) is 16.1. The highest BCUT2D eigenvalue weighted by molar-refractivity contribution is 5.13. The van der Waals surface area contributed by atoms with Crippen LogP contribution in [0.3, 0.4) is 0 Å². The standard InChI is InChI=1S/C21H37FO.C7H10N2.CH2O/c1-5-10-21(11-6-2)15-18(16-21)8-7-13-23-20(4)12-9-17(3)14-19(20)22;1-3-7-4-8-6(2)9-5-7;1-2/h14,17-18H,5-13,15-16H2,1-4H3;4-5H,3H2,1-2H3;1H2/t17?,20-;;/m1../s1. The van der Waals surface area contributed by atoms with Crippen molar-refractivity contribution in [2.45, 2.75) is 118 Å². The van der Waals surface area contributed by atoms with Crippen LogP contribution in [0, 0.1) is 24.2 Å².